The van der Waals surface area contributed by atoms with Crippen molar-refractivity contribution in [3.05, 3.63) is 39.2 Å². The van der Waals surface area contributed by atoms with Crippen molar-refractivity contribution >= 4 is 0 Å². The van der Waals surface area contributed by atoms with Gasteiger partial charge in [0.25, 0.3) is 5.56 Å². The molecule has 2 aromatic rings. The van der Waals surface area contributed by atoms with Crippen LogP contribution in [-0.4, -0.2) is 19.7 Å². The topological polar surface area (TPSA) is 63.6 Å². The summed E-state index contributed by atoms with van der Waals surface area (Å²) in [6.07, 6.45) is -4.61. The molecule has 0 saturated heterocycles. The maximum atomic E-state index is 12.5. The molecule has 0 aliphatic heterocycles. The molecule has 0 spiro atoms. The Labute approximate surface area is 106 Å². The second-order valence-corrected chi connectivity index (χ2v) is 4.14. The maximum Gasteiger partial charge on any atom is 0.432 e. The van der Waals surface area contributed by atoms with E-state index in [0.717, 1.165) is 4.68 Å². The number of halogens is 3. The maximum absolute atomic E-state index is 12.5. The fraction of sp³-hybridized carbons (Fsp3) is 0.364. The van der Waals surface area contributed by atoms with Crippen LogP contribution in [0.2, 0.25) is 0 Å². The van der Waals surface area contributed by atoms with Gasteiger partial charge >= 0.3 is 6.18 Å². The Bertz CT molecular complexity index is 684. The highest BCUT2D eigenvalue weighted by molar-refractivity contribution is 5.30. The lowest BCUT2D eigenvalue weighted by Crippen LogP contribution is -2.18. The van der Waals surface area contributed by atoms with Gasteiger partial charge in [-0.25, -0.2) is 4.98 Å². The predicted molar refractivity (Wildman–Crippen MR) is 61.2 cm³/mol. The third-order valence-electron chi connectivity index (χ3n) is 2.69. The molecule has 19 heavy (non-hydrogen) atoms. The van der Waals surface area contributed by atoms with Crippen LogP contribution in [0.1, 0.15) is 22.8 Å². The molecule has 0 saturated carbocycles. The fourth-order valence-electron chi connectivity index (χ4n) is 1.61. The van der Waals surface area contributed by atoms with Crippen LogP contribution in [-0.2, 0) is 6.18 Å². The zero-order chi connectivity index (χ0) is 14.4. The van der Waals surface area contributed by atoms with Crippen molar-refractivity contribution in [2.75, 3.05) is 0 Å². The van der Waals surface area contributed by atoms with E-state index >= 15 is 0 Å². The molecule has 0 aliphatic carbocycles. The lowest BCUT2D eigenvalue weighted by atomic mass is 10.3. The van der Waals surface area contributed by atoms with E-state index in [1.165, 1.54) is 0 Å². The van der Waals surface area contributed by atoms with Crippen molar-refractivity contribution in [3.63, 3.8) is 0 Å². The van der Waals surface area contributed by atoms with E-state index in [1.807, 2.05) is 5.10 Å². The lowest BCUT2D eigenvalue weighted by molar-refractivity contribution is -0.141. The zero-order valence-corrected chi connectivity index (χ0v) is 10.5. The Morgan fingerprint density at radius 3 is 2.21 bits per heavy atom. The normalized spacial score (nSPS) is 11.9. The van der Waals surface area contributed by atoms with Gasteiger partial charge in [-0.05, 0) is 20.8 Å². The largest absolute Gasteiger partial charge is 0.432 e. The summed E-state index contributed by atoms with van der Waals surface area (Å²) >= 11 is 0. The van der Waals surface area contributed by atoms with Crippen LogP contribution < -0.4 is 5.56 Å². The molecule has 0 aliphatic rings. The molecule has 2 aromatic heterocycles. The summed E-state index contributed by atoms with van der Waals surface area (Å²) in [5.41, 5.74) is -0.349. The third kappa shape index (κ3) is 2.38. The zero-order valence-electron chi connectivity index (χ0n) is 10.5. The van der Waals surface area contributed by atoms with Gasteiger partial charge in [0, 0.05) is 6.07 Å². The Balaban J connectivity index is 2.64. The smallest absolute Gasteiger partial charge is 0.285 e. The van der Waals surface area contributed by atoms with E-state index in [-0.39, 0.29) is 5.82 Å². The highest BCUT2D eigenvalue weighted by Gasteiger charge is 2.34. The summed E-state index contributed by atoms with van der Waals surface area (Å²) in [5, 5.41) is 2.00. The van der Waals surface area contributed by atoms with E-state index < -0.39 is 17.4 Å². The first-order valence-electron chi connectivity index (χ1n) is 5.41. The molecule has 8 heteroatoms. The molecular formula is C11H11F3N4O. The second-order valence-electron chi connectivity index (χ2n) is 4.14. The second kappa shape index (κ2) is 4.22. The molecule has 2 heterocycles. The van der Waals surface area contributed by atoms with Gasteiger partial charge in [-0.1, -0.05) is 0 Å². The Morgan fingerprint density at radius 1 is 1.11 bits per heavy atom. The number of hydrogen-bond acceptors (Lipinski definition) is 3. The minimum absolute atomic E-state index is 0.0728. The van der Waals surface area contributed by atoms with Crippen molar-refractivity contribution in [3.8, 4) is 5.82 Å². The number of aryl methyl sites for hydroxylation is 3. The van der Waals surface area contributed by atoms with Crippen LogP contribution >= 0.6 is 0 Å². The highest BCUT2D eigenvalue weighted by atomic mass is 19.4. The standard InChI is InChI=1S/C11H11F3N4O/c1-5-6(2)16-10(7(3)15-5)18-9(19)4-8(17-18)11(12,13)14/h4,17H,1-3H3. The third-order valence-corrected chi connectivity index (χ3v) is 2.69. The number of nitrogens with zero attached hydrogens (tertiary/aromatic N) is 3. The van der Waals surface area contributed by atoms with Crippen LogP contribution in [0, 0.1) is 20.8 Å². The molecule has 1 N–H and O–H groups in total. The van der Waals surface area contributed by atoms with E-state index in [0.29, 0.717) is 23.1 Å². The molecule has 5 nitrogen and oxygen atoms in total. The first-order valence-corrected chi connectivity index (χ1v) is 5.41. The molecule has 0 atom stereocenters. The van der Waals surface area contributed by atoms with E-state index in [4.69, 9.17) is 0 Å². The first kappa shape index (κ1) is 13.3. The number of aromatic nitrogens is 4. The van der Waals surface area contributed by atoms with Crippen molar-refractivity contribution in [2.24, 2.45) is 0 Å². The van der Waals surface area contributed by atoms with Crippen LogP contribution in [0.15, 0.2) is 10.9 Å². The van der Waals surface area contributed by atoms with Crippen molar-refractivity contribution in [1.29, 1.82) is 0 Å². The molecule has 102 valence electrons. The number of aromatic amines is 1. The Kier molecular flexibility index (Phi) is 2.95. The first-order chi connectivity index (χ1) is 8.70. The van der Waals surface area contributed by atoms with Gasteiger partial charge in [0.15, 0.2) is 5.82 Å². The quantitative estimate of drug-likeness (QED) is 0.862. The van der Waals surface area contributed by atoms with Crippen molar-refractivity contribution in [1.82, 2.24) is 19.7 Å². The average molecular weight is 272 g/mol. The molecule has 0 aromatic carbocycles. The van der Waals surface area contributed by atoms with Gasteiger partial charge in [0.1, 0.15) is 5.69 Å². The van der Waals surface area contributed by atoms with Crippen LogP contribution in [0.5, 0.6) is 0 Å². The molecule has 2 rings (SSSR count). The fourth-order valence-corrected chi connectivity index (χ4v) is 1.61. The summed E-state index contributed by atoms with van der Waals surface area (Å²) in [6.45, 7) is 4.98. The molecule has 0 fully saturated rings. The SMILES string of the molecule is Cc1nc(C)c(-n2[nH]c(C(F)(F)F)cc2=O)nc1C. The summed E-state index contributed by atoms with van der Waals surface area (Å²) in [5.74, 6) is 0.0728. The number of hydrogen-bond donors (Lipinski definition) is 1. The van der Waals surface area contributed by atoms with Crippen LogP contribution in [0.4, 0.5) is 13.2 Å². The summed E-state index contributed by atoms with van der Waals surface area (Å²) in [7, 11) is 0. The van der Waals surface area contributed by atoms with Crippen molar-refractivity contribution in [2.45, 2.75) is 26.9 Å². The Hall–Kier alpha value is -2.12. The van der Waals surface area contributed by atoms with Crippen LogP contribution in [0.25, 0.3) is 5.82 Å². The van der Waals surface area contributed by atoms with Gasteiger partial charge in [0.2, 0.25) is 0 Å². The van der Waals surface area contributed by atoms with Gasteiger partial charge in [0.05, 0.1) is 17.1 Å². The van der Waals surface area contributed by atoms with Gasteiger partial charge in [-0.3, -0.25) is 14.9 Å². The molecule has 0 unspecified atom stereocenters. The minimum Gasteiger partial charge on any atom is -0.285 e. The summed E-state index contributed by atoms with van der Waals surface area (Å²) in [6, 6.07) is 0.496. The summed E-state index contributed by atoms with van der Waals surface area (Å²) in [4.78, 5) is 19.8. The number of H-pyrrole nitrogens is 1. The predicted octanol–water partition coefficient (Wildman–Crippen LogP) is 1.90. The highest BCUT2D eigenvalue weighted by Crippen LogP contribution is 2.26. The Morgan fingerprint density at radius 2 is 1.68 bits per heavy atom. The van der Waals surface area contributed by atoms with E-state index in [9.17, 15) is 18.0 Å². The number of nitrogens with one attached hydrogen (secondary N) is 1. The molecule has 0 amide bonds. The number of rotatable bonds is 1. The van der Waals surface area contributed by atoms with Crippen molar-refractivity contribution < 1.29 is 13.2 Å². The monoisotopic (exact) mass is 272 g/mol. The molecular weight excluding hydrogens is 261 g/mol. The van der Waals surface area contributed by atoms with Crippen LogP contribution in [0.3, 0.4) is 0 Å². The minimum atomic E-state index is -4.61. The van der Waals surface area contributed by atoms with Gasteiger partial charge in [-0.15, -0.1) is 0 Å². The molecule has 0 radical (unpaired) electrons. The van der Waals surface area contributed by atoms with Gasteiger partial charge in [-0.2, -0.15) is 17.9 Å². The van der Waals surface area contributed by atoms with E-state index in [2.05, 4.69) is 9.97 Å². The summed E-state index contributed by atoms with van der Waals surface area (Å²) < 4.78 is 38.3. The van der Waals surface area contributed by atoms with Gasteiger partial charge < -0.3 is 0 Å². The molecule has 0 bridgehead atoms. The lowest BCUT2D eigenvalue weighted by Gasteiger charge is -2.08. The number of alkyl halides is 3. The average Bonchev–Trinajstić information content (AvgIpc) is 2.65. The van der Waals surface area contributed by atoms with E-state index in [1.54, 1.807) is 20.8 Å².